The van der Waals surface area contributed by atoms with Gasteiger partial charge in [-0.3, -0.25) is 0 Å². The van der Waals surface area contributed by atoms with Crippen LogP contribution in [0.5, 0.6) is 0 Å². The summed E-state index contributed by atoms with van der Waals surface area (Å²) < 4.78 is 5.80. The molecule has 3 heterocycles. The van der Waals surface area contributed by atoms with Crippen LogP contribution in [0.2, 0.25) is 0 Å². The number of hydrogen-bond donors (Lipinski definition) is 1. The van der Waals surface area contributed by atoms with Gasteiger partial charge in [-0.15, -0.1) is 0 Å². The molecular weight excluding hydrogens is 202 g/mol. The van der Waals surface area contributed by atoms with Crippen molar-refractivity contribution in [2.45, 2.75) is 51.0 Å². The number of rotatable bonds is 3. The molecule has 1 aromatic rings. The first-order chi connectivity index (χ1) is 7.81. The highest BCUT2D eigenvalue weighted by Crippen LogP contribution is 2.34. The number of aryl methyl sites for hydroxylation is 1. The summed E-state index contributed by atoms with van der Waals surface area (Å²) in [6.45, 7) is 2.74. The maximum absolute atomic E-state index is 5.80. The molecule has 3 atom stereocenters. The van der Waals surface area contributed by atoms with Crippen LogP contribution in [0.25, 0.3) is 0 Å². The molecule has 4 nitrogen and oxygen atoms in total. The number of nitrogens with one attached hydrogen (secondary N) is 1. The van der Waals surface area contributed by atoms with Crippen molar-refractivity contribution < 1.29 is 4.74 Å². The lowest BCUT2D eigenvalue weighted by Gasteiger charge is -2.19. The molecule has 2 fully saturated rings. The van der Waals surface area contributed by atoms with Gasteiger partial charge in [0.05, 0.1) is 17.9 Å². The van der Waals surface area contributed by atoms with Crippen molar-refractivity contribution in [3.63, 3.8) is 0 Å². The summed E-state index contributed by atoms with van der Waals surface area (Å²) in [5, 5.41) is 3.54. The van der Waals surface area contributed by atoms with Crippen LogP contribution in [0.3, 0.4) is 0 Å². The standard InChI is InChI=1S/C12H17N3O/c1-8-13-5-4-9(15-8)7-14-11-6-10-2-3-12(11)16-10/h4-5,10-12,14H,2-3,6-7H2,1H3. The van der Waals surface area contributed by atoms with Gasteiger partial charge in [-0.1, -0.05) is 0 Å². The normalized spacial score (nSPS) is 32.2. The maximum Gasteiger partial charge on any atom is 0.125 e. The first-order valence-electron chi connectivity index (χ1n) is 5.98. The highest BCUT2D eigenvalue weighted by atomic mass is 16.5. The molecular formula is C12H17N3O. The average molecular weight is 219 g/mol. The Hall–Kier alpha value is -1.00. The number of ether oxygens (including phenoxy) is 1. The summed E-state index contributed by atoms with van der Waals surface area (Å²) in [7, 11) is 0. The Morgan fingerprint density at radius 1 is 1.50 bits per heavy atom. The molecule has 1 N–H and O–H groups in total. The van der Waals surface area contributed by atoms with Crippen molar-refractivity contribution >= 4 is 0 Å². The van der Waals surface area contributed by atoms with Crippen LogP contribution in [0.1, 0.15) is 30.8 Å². The van der Waals surface area contributed by atoms with Crippen molar-refractivity contribution in [3.8, 4) is 0 Å². The lowest BCUT2D eigenvalue weighted by molar-refractivity contribution is 0.0972. The molecule has 16 heavy (non-hydrogen) atoms. The third-order valence-corrected chi connectivity index (χ3v) is 3.49. The van der Waals surface area contributed by atoms with E-state index in [-0.39, 0.29) is 0 Å². The Labute approximate surface area is 95.4 Å². The van der Waals surface area contributed by atoms with Crippen LogP contribution in [0.15, 0.2) is 12.3 Å². The predicted molar refractivity (Wildman–Crippen MR) is 59.9 cm³/mol. The Morgan fingerprint density at radius 3 is 3.12 bits per heavy atom. The number of aromatic nitrogens is 2. The van der Waals surface area contributed by atoms with E-state index in [1.54, 1.807) is 0 Å². The molecule has 0 radical (unpaired) electrons. The van der Waals surface area contributed by atoms with Crippen LogP contribution < -0.4 is 5.32 Å². The molecule has 2 saturated heterocycles. The third kappa shape index (κ3) is 1.95. The first-order valence-corrected chi connectivity index (χ1v) is 5.98. The van der Waals surface area contributed by atoms with Crippen LogP contribution in [0, 0.1) is 6.92 Å². The van der Waals surface area contributed by atoms with Crippen LogP contribution in [-0.2, 0) is 11.3 Å². The van der Waals surface area contributed by atoms with Crippen molar-refractivity contribution in [1.82, 2.24) is 15.3 Å². The van der Waals surface area contributed by atoms with Gasteiger partial charge < -0.3 is 10.1 Å². The van der Waals surface area contributed by atoms with Gasteiger partial charge in [0.15, 0.2) is 0 Å². The largest absolute Gasteiger partial charge is 0.373 e. The van der Waals surface area contributed by atoms with E-state index >= 15 is 0 Å². The Bertz CT molecular complexity index is 382. The van der Waals surface area contributed by atoms with Gasteiger partial charge in [0.1, 0.15) is 5.82 Å². The molecule has 2 bridgehead atoms. The van der Waals surface area contributed by atoms with Crippen molar-refractivity contribution in [3.05, 3.63) is 23.8 Å². The van der Waals surface area contributed by atoms with E-state index in [4.69, 9.17) is 4.74 Å². The van der Waals surface area contributed by atoms with Gasteiger partial charge >= 0.3 is 0 Å². The van der Waals surface area contributed by atoms with E-state index in [1.807, 2.05) is 19.2 Å². The van der Waals surface area contributed by atoms with Gasteiger partial charge in [-0.2, -0.15) is 0 Å². The van der Waals surface area contributed by atoms with E-state index in [2.05, 4.69) is 15.3 Å². The SMILES string of the molecule is Cc1nccc(CNC2CC3CCC2O3)n1. The molecule has 0 aliphatic carbocycles. The molecule has 1 aromatic heterocycles. The molecule has 4 heteroatoms. The summed E-state index contributed by atoms with van der Waals surface area (Å²) in [4.78, 5) is 8.48. The van der Waals surface area contributed by atoms with Gasteiger partial charge in [-0.25, -0.2) is 9.97 Å². The number of fused-ring (bicyclic) bond motifs is 2. The molecule has 86 valence electrons. The first kappa shape index (κ1) is 10.2. The average Bonchev–Trinajstić information content (AvgIpc) is 2.88. The van der Waals surface area contributed by atoms with Crippen molar-refractivity contribution in [2.75, 3.05) is 0 Å². The minimum absolute atomic E-state index is 0.438. The quantitative estimate of drug-likeness (QED) is 0.829. The van der Waals surface area contributed by atoms with Crippen LogP contribution in [-0.4, -0.2) is 28.2 Å². The van der Waals surface area contributed by atoms with E-state index in [0.29, 0.717) is 18.2 Å². The Morgan fingerprint density at radius 2 is 2.44 bits per heavy atom. The second-order valence-corrected chi connectivity index (χ2v) is 4.69. The van der Waals surface area contributed by atoms with Gasteiger partial charge in [0.2, 0.25) is 0 Å². The van der Waals surface area contributed by atoms with Crippen LogP contribution >= 0.6 is 0 Å². The molecule has 2 aliphatic heterocycles. The van der Waals surface area contributed by atoms with Crippen molar-refractivity contribution in [2.24, 2.45) is 0 Å². The van der Waals surface area contributed by atoms with E-state index < -0.39 is 0 Å². The monoisotopic (exact) mass is 219 g/mol. The highest BCUT2D eigenvalue weighted by molar-refractivity contribution is 5.02. The Kier molecular flexibility index (Phi) is 2.61. The van der Waals surface area contributed by atoms with E-state index in [9.17, 15) is 0 Å². The molecule has 0 spiro atoms. The lowest BCUT2D eigenvalue weighted by Crippen LogP contribution is -2.37. The lowest BCUT2D eigenvalue weighted by atomic mass is 9.95. The van der Waals surface area contributed by atoms with Gasteiger partial charge in [0.25, 0.3) is 0 Å². The fraction of sp³-hybridized carbons (Fsp3) is 0.667. The molecule has 3 rings (SSSR count). The fourth-order valence-electron chi connectivity index (χ4n) is 2.69. The summed E-state index contributed by atoms with van der Waals surface area (Å²) in [6.07, 6.45) is 6.38. The molecule has 0 amide bonds. The zero-order valence-corrected chi connectivity index (χ0v) is 9.52. The topological polar surface area (TPSA) is 47.0 Å². The Balaban J connectivity index is 1.57. The summed E-state index contributed by atoms with van der Waals surface area (Å²) in [5.74, 6) is 0.837. The van der Waals surface area contributed by atoms with Crippen molar-refractivity contribution in [1.29, 1.82) is 0 Å². The third-order valence-electron chi connectivity index (χ3n) is 3.49. The second kappa shape index (κ2) is 4.11. The zero-order chi connectivity index (χ0) is 11.0. The number of nitrogens with zero attached hydrogens (tertiary/aromatic N) is 2. The van der Waals surface area contributed by atoms with E-state index in [0.717, 1.165) is 24.5 Å². The fourth-order valence-corrected chi connectivity index (χ4v) is 2.69. The maximum atomic E-state index is 5.80. The van der Waals surface area contributed by atoms with Crippen LogP contribution in [0.4, 0.5) is 0 Å². The van der Waals surface area contributed by atoms with Gasteiger partial charge in [0, 0.05) is 18.8 Å². The predicted octanol–water partition coefficient (Wildman–Crippen LogP) is 1.19. The number of hydrogen-bond acceptors (Lipinski definition) is 4. The minimum Gasteiger partial charge on any atom is -0.373 e. The molecule has 0 aromatic carbocycles. The highest BCUT2D eigenvalue weighted by Gasteiger charge is 2.40. The molecule has 0 saturated carbocycles. The second-order valence-electron chi connectivity index (χ2n) is 4.69. The molecule has 2 aliphatic rings. The summed E-state index contributed by atoms with van der Waals surface area (Å²) >= 11 is 0. The summed E-state index contributed by atoms with van der Waals surface area (Å²) in [6, 6.07) is 2.49. The van der Waals surface area contributed by atoms with E-state index in [1.165, 1.54) is 12.8 Å². The minimum atomic E-state index is 0.438. The summed E-state index contributed by atoms with van der Waals surface area (Å²) in [5.41, 5.74) is 1.07. The smallest absolute Gasteiger partial charge is 0.125 e. The van der Waals surface area contributed by atoms with Gasteiger partial charge in [-0.05, 0) is 32.3 Å². The zero-order valence-electron chi connectivity index (χ0n) is 9.52. The molecule has 3 unspecified atom stereocenters.